The van der Waals surface area contributed by atoms with Crippen molar-refractivity contribution in [1.29, 1.82) is 5.26 Å². The Kier molecular flexibility index (Phi) is 7.55. The van der Waals surface area contributed by atoms with E-state index in [-0.39, 0.29) is 54.7 Å². The number of carbonyl (C=O) groups excluding carboxylic acids is 2. The zero-order valence-corrected chi connectivity index (χ0v) is 21.7. The quantitative estimate of drug-likeness (QED) is 0.411. The molecule has 2 N–H and O–H groups in total. The van der Waals surface area contributed by atoms with Crippen LogP contribution >= 0.6 is 0 Å². The third-order valence-electron chi connectivity index (χ3n) is 7.57. The normalized spacial score (nSPS) is 18.7. The molecule has 0 unspecified atom stereocenters. The predicted molar refractivity (Wildman–Crippen MR) is 138 cm³/mol. The minimum absolute atomic E-state index is 0.00476. The number of halogens is 2. The number of carbonyl (C=O) groups is 2. The van der Waals surface area contributed by atoms with Crippen LogP contribution in [0.15, 0.2) is 36.9 Å². The van der Waals surface area contributed by atoms with Gasteiger partial charge in [0.25, 0.3) is 5.91 Å². The van der Waals surface area contributed by atoms with Crippen LogP contribution in [0.25, 0.3) is 5.65 Å². The molecule has 0 aromatic carbocycles. The van der Waals surface area contributed by atoms with Crippen molar-refractivity contribution in [2.45, 2.75) is 76.3 Å². The maximum atomic E-state index is 14.0. The fraction of sp³-hybridized carbons (Fsp3) is 0.500. The Morgan fingerprint density at radius 1 is 1.10 bits per heavy atom. The fourth-order valence-electron chi connectivity index (χ4n) is 5.28. The highest BCUT2D eigenvalue weighted by Crippen LogP contribution is 2.42. The summed E-state index contributed by atoms with van der Waals surface area (Å²) >= 11 is 0. The van der Waals surface area contributed by atoms with Crippen LogP contribution in [0.1, 0.15) is 97.6 Å². The standard InChI is InChI=1S/C28H31F2N7O2/c1-2-3-24(38)35-25(18-4-5-18)20-11-23-34-22(16-37(23)33-15-20)26(19-6-8-28(29,30)9-7-19)36-27(39)21-10-17(12-31)13-32-14-21/h10-11,13-16,18-19,25-26H,2-9H2,1H3,(H,35,38)(H,36,39)/t25-,26+/m1/s1. The monoisotopic (exact) mass is 535 g/mol. The maximum Gasteiger partial charge on any atom is 0.253 e. The SMILES string of the molecule is CCCC(=O)N[C@@H](c1cnn2cc([C@@H](NC(=O)c3cncc(C#N)c3)C3CCC(F)(F)CC3)nc2c1)C1CC1. The second kappa shape index (κ2) is 11.0. The van der Waals surface area contributed by atoms with Gasteiger partial charge in [0.2, 0.25) is 11.8 Å². The van der Waals surface area contributed by atoms with Gasteiger partial charge in [0.05, 0.1) is 41.3 Å². The van der Waals surface area contributed by atoms with Crippen LogP contribution in [0.5, 0.6) is 0 Å². The van der Waals surface area contributed by atoms with Crippen molar-refractivity contribution < 1.29 is 18.4 Å². The lowest BCUT2D eigenvalue weighted by Gasteiger charge is -2.33. The Morgan fingerprint density at radius 3 is 2.54 bits per heavy atom. The van der Waals surface area contributed by atoms with E-state index in [9.17, 15) is 23.6 Å². The second-order valence-corrected chi connectivity index (χ2v) is 10.6. The molecule has 2 amide bonds. The summed E-state index contributed by atoms with van der Waals surface area (Å²) in [6.07, 6.45) is 9.40. The first kappa shape index (κ1) is 26.7. The number of rotatable bonds is 9. The van der Waals surface area contributed by atoms with Gasteiger partial charge in [-0.1, -0.05) is 6.92 Å². The summed E-state index contributed by atoms with van der Waals surface area (Å²) in [4.78, 5) is 34.2. The Hall–Kier alpha value is -3.94. The maximum absolute atomic E-state index is 14.0. The van der Waals surface area contributed by atoms with Gasteiger partial charge < -0.3 is 10.6 Å². The van der Waals surface area contributed by atoms with Crippen molar-refractivity contribution >= 4 is 17.5 Å². The Morgan fingerprint density at radius 2 is 1.85 bits per heavy atom. The van der Waals surface area contributed by atoms with Crippen LogP contribution < -0.4 is 10.6 Å². The molecular weight excluding hydrogens is 504 g/mol. The number of imidazole rings is 1. The van der Waals surface area contributed by atoms with Gasteiger partial charge in [-0.15, -0.1) is 0 Å². The van der Waals surface area contributed by atoms with Gasteiger partial charge in [-0.3, -0.25) is 14.6 Å². The zero-order valence-electron chi connectivity index (χ0n) is 21.7. The molecule has 0 bridgehead atoms. The van der Waals surface area contributed by atoms with Crippen molar-refractivity contribution in [1.82, 2.24) is 30.2 Å². The molecule has 204 valence electrons. The van der Waals surface area contributed by atoms with Gasteiger partial charge >= 0.3 is 0 Å². The number of alkyl halides is 2. The molecule has 2 atom stereocenters. The van der Waals surface area contributed by atoms with Crippen LogP contribution in [0.2, 0.25) is 0 Å². The first-order chi connectivity index (χ1) is 18.8. The predicted octanol–water partition coefficient (Wildman–Crippen LogP) is 4.66. The number of nitrogens with one attached hydrogen (secondary N) is 2. The zero-order chi connectivity index (χ0) is 27.6. The molecule has 2 fully saturated rings. The number of nitrogens with zero attached hydrogens (tertiary/aromatic N) is 5. The van der Waals surface area contributed by atoms with E-state index in [0.717, 1.165) is 24.8 Å². The highest BCUT2D eigenvalue weighted by Gasteiger charge is 2.39. The highest BCUT2D eigenvalue weighted by atomic mass is 19.3. The number of hydrogen-bond acceptors (Lipinski definition) is 6. The van der Waals surface area contributed by atoms with Crippen LogP contribution in [-0.2, 0) is 4.79 Å². The molecule has 9 nitrogen and oxygen atoms in total. The molecule has 2 aliphatic carbocycles. The van der Waals surface area contributed by atoms with E-state index in [2.05, 4.69) is 20.7 Å². The molecule has 0 radical (unpaired) electrons. The van der Waals surface area contributed by atoms with Gasteiger partial charge in [-0.2, -0.15) is 10.4 Å². The molecule has 5 rings (SSSR count). The number of nitriles is 1. The van der Waals surface area contributed by atoms with Crippen LogP contribution in [-0.4, -0.2) is 37.3 Å². The minimum Gasteiger partial charge on any atom is -0.349 e. The van der Waals surface area contributed by atoms with E-state index in [0.29, 0.717) is 23.7 Å². The van der Waals surface area contributed by atoms with Crippen LogP contribution in [0.3, 0.4) is 0 Å². The average Bonchev–Trinajstić information content (AvgIpc) is 3.68. The van der Waals surface area contributed by atoms with Crippen molar-refractivity contribution in [3.63, 3.8) is 0 Å². The minimum atomic E-state index is -2.72. The fourth-order valence-corrected chi connectivity index (χ4v) is 5.28. The van der Waals surface area contributed by atoms with E-state index in [4.69, 9.17) is 4.98 Å². The summed E-state index contributed by atoms with van der Waals surface area (Å²) in [5, 5.41) is 19.8. The lowest BCUT2D eigenvalue weighted by Crippen LogP contribution is -2.37. The first-order valence-corrected chi connectivity index (χ1v) is 13.4. The van der Waals surface area contributed by atoms with Gasteiger partial charge in [-0.25, -0.2) is 18.3 Å². The van der Waals surface area contributed by atoms with Crippen LogP contribution in [0, 0.1) is 23.2 Å². The topological polar surface area (TPSA) is 125 Å². The molecule has 0 saturated heterocycles. The molecule has 3 heterocycles. The Bertz CT molecular complexity index is 1400. The smallest absolute Gasteiger partial charge is 0.253 e. The molecule has 0 aliphatic heterocycles. The average molecular weight is 536 g/mol. The van der Waals surface area contributed by atoms with Crippen molar-refractivity contribution in [2.75, 3.05) is 0 Å². The van der Waals surface area contributed by atoms with Crippen LogP contribution in [0.4, 0.5) is 8.78 Å². The summed E-state index contributed by atoms with van der Waals surface area (Å²) in [5.41, 5.74) is 2.39. The van der Waals surface area contributed by atoms with Gasteiger partial charge in [0.1, 0.15) is 6.07 Å². The molecule has 3 aromatic rings. The summed E-state index contributed by atoms with van der Waals surface area (Å²) in [6, 6.07) is 4.52. The summed E-state index contributed by atoms with van der Waals surface area (Å²) in [5.74, 6) is -3.06. The molecule has 0 spiro atoms. The lowest BCUT2D eigenvalue weighted by molar-refractivity contribution is -0.122. The molecule has 2 saturated carbocycles. The van der Waals surface area contributed by atoms with E-state index in [1.807, 2.05) is 19.1 Å². The second-order valence-electron chi connectivity index (χ2n) is 10.6. The molecule has 39 heavy (non-hydrogen) atoms. The summed E-state index contributed by atoms with van der Waals surface area (Å²) in [7, 11) is 0. The van der Waals surface area contributed by atoms with Gasteiger partial charge in [0, 0.05) is 31.7 Å². The molecule has 3 aromatic heterocycles. The van der Waals surface area contributed by atoms with E-state index in [1.165, 1.54) is 18.5 Å². The summed E-state index contributed by atoms with van der Waals surface area (Å²) in [6.45, 7) is 1.96. The van der Waals surface area contributed by atoms with Gasteiger partial charge in [0.15, 0.2) is 5.65 Å². The number of hydrogen-bond donors (Lipinski definition) is 2. The molecule has 2 aliphatic rings. The first-order valence-electron chi connectivity index (χ1n) is 13.4. The highest BCUT2D eigenvalue weighted by molar-refractivity contribution is 5.94. The summed E-state index contributed by atoms with van der Waals surface area (Å²) < 4.78 is 29.5. The Labute approximate surface area is 225 Å². The number of aromatic nitrogens is 4. The number of amides is 2. The third kappa shape index (κ3) is 6.21. The van der Waals surface area contributed by atoms with Crippen molar-refractivity contribution in [3.05, 3.63) is 59.3 Å². The van der Waals surface area contributed by atoms with E-state index in [1.54, 1.807) is 16.9 Å². The largest absolute Gasteiger partial charge is 0.349 e. The number of pyridine rings is 1. The van der Waals surface area contributed by atoms with Gasteiger partial charge in [-0.05, 0) is 61.6 Å². The van der Waals surface area contributed by atoms with Crippen molar-refractivity contribution in [2.24, 2.45) is 11.8 Å². The molecular formula is C28H31F2N7O2. The molecule has 11 heteroatoms. The van der Waals surface area contributed by atoms with E-state index < -0.39 is 17.9 Å². The third-order valence-corrected chi connectivity index (χ3v) is 7.57. The van der Waals surface area contributed by atoms with Crippen molar-refractivity contribution in [3.8, 4) is 6.07 Å². The number of fused-ring (bicyclic) bond motifs is 1. The Balaban J connectivity index is 1.44. The van der Waals surface area contributed by atoms with E-state index >= 15 is 0 Å². The lowest BCUT2D eigenvalue weighted by atomic mass is 9.81.